The van der Waals surface area contributed by atoms with Crippen molar-refractivity contribution in [3.63, 3.8) is 0 Å². The summed E-state index contributed by atoms with van der Waals surface area (Å²) >= 11 is 1.08. The van der Waals surface area contributed by atoms with Crippen molar-refractivity contribution in [2.24, 2.45) is 5.73 Å². The van der Waals surface area contributed by atoms with Crippen LogP contribution in [-0.4, -0.2) is 52.0 Å². The molecular weight excluding hydrogens is 266 g/mol. The lowest BCUT2D eigenvalue weighted by molar-refractivity contribution is -0.122. The number of nitrogens with zero attached hydrogens (tertiary/aromatic N) is 3. The molecule has 2 heterocycles. The summed E-state index contributed by atoms with van der Waals surface area (Å²) in [5, 5.41) is 7.04. The second kappa shape index (κ2) is 6.07. The van der Waals surface area contributed by atoms with Gasteiger partial charge in [-0.3, -0.25) is 9.59 Å². The Labute approximate surface area is 115 Å². The number of aromatic nitrogens is 2. The normalized spacial score (nSPS) is 19.4. The monoisotopic (exact) mass is 283 g/mol. The number of hydrogen-bond donors (Lipinski definition) is 2. The fraction of sp³-hybridized carbons (Fsp3) is 0.636. The van der Waals surface area contributed by atoms with Gasteiger partial charge in [0.25, 0.3) is 5.91 Å². The molecule has 0 radical (unpaired) electrons. The third kappa shape index (κ3) is 2.90. The van der Waals surface area contributed by atoms with Gasteiger partial charge in [0.2, 0.25) is 5.91 Å². The molecule has 1 aliphatic rings. The Morgan fingerprint density at radius 2 is 2.37 bits per heavy atom. The minimum atomic E-state index is -0.599. The van der Waals surface area contributed by atoms with E-state index in [1.54, 1.807) is 0 Å². The van der Waals surface area contributed by atoms with Gasteiger partial charge in [-0.15, -0.1) is 5.10 Å². The summed E-state index contributed by atoms with van der Waals surface area (Å²) in [5.74, 6) is -0.682. The number of nitrogens with one attached hydrogen (secondary N) is 1. The van der Waals surface area contributed by atoms with Crippen LogP contribution in [0.15, 0.2) is 0 Å². The van der Waals surface area contributed by atoms with Gasteiger partial charge in [-0.25, -0.2) is 0 Å². The van der Waals surface area contributed by atoms with Crippen molar-refractivity contribution in [3.05, 3.63) is 10.6 Å². The van der Waals surface area contributed by atoms with Crippen molar-refractivity contribution in [2.75, 3.05) is 19.6 Å². The zero-order valence-electron chi connectivity index (χ0n) is 10.8. The molecule has 19 heavy (non-hydrogen) atoms. The van der Waals surface area contributed by atoms with Crippen LogP contribution in [0.5, 0.6) is 0 Å². The highest BCUT2D eigenvalue weighted by molar-refractivity contribution is 7.08. The lowest BCUT2D eigenvalue weighted by atomic mass is 10.1. The molecule has 0 spiro atoms. The van der Waals surface area contributed by atoms with Crippen molar-refractivity contribution in [1.29, 1.82) is 0 Å². The van der Waals surface area contributed by atoms with Gasteiger partial charge in [-0.2, -0.15) is 0 Å². The molecule has 1 unspecified atom stereocenters. The summed E-state index contributed by atoms with van der Waals surface area (Å²) in [6, 6.07) is -0.599. The first-order chi connectivity index (χ1) is 9.15. The summed E-state index contributed by atoms with van der Waals surface area (Å²) < 4.78 is 3.84. The Morgan fingerprint density at radius 1 is 1.58 bits per heavy atom. The predicted molar refractivity (Wildman–Crippen MR) is 70.8 cm³/mol. The average molecular weight is 283 g/mol. The lowest BCUT2D eigenvalue weighted by Crippen LogP contribution is -2.58. The van der Waals surface area contributed by atoms with E-state index in [1.165, 1.54) is 4.90 Å². The third-order valence-corrected chi connectivity index (χ3v) is 3.83. The summed E-state index contributed by atoms with van der Waals surface area (Å²) in [6.45, 7) is 3.54. The van der Waals surface area contributed by atoms with Crippen LogP contribution in [-0.2, 0) is 11.2 Å². The Balaban J connectivity index is 2.21. The van der Waals surface area contributed by atoms with Crippen LogP contribution in [0, 0.1) is 0 Å². The molecule has 0 bridgehead atoms. The minimum absolute atomic E-state index is 0.191. The average Bonchev–Trinajstić information content (AvgIpc) is 2.86. The molecule has 0 aromatic carbocycles. The van der Waals surface area contributed by atoms with Gasteiger partial charge in [-0.1, -0.05) is 17.8 Å². The van der Waals surface area contributed by atoms with Gasteiger partial charge in [0, 0.05) is 19.6 Å². The van der Waals surface area contributed by atoms with E-state index in [9.17, 15) is 9.59 Å². The fourth-order valence-corrected chi connectivity index (χ4v) is 2.77. The number of piperazine rings is 1. The van der Waals surface area contributed by atoms with Crippen LogP contribution < -0.4 is 11.1 Å². The van der Waals surface area contributed by atoms with Crippen LogP contribution in [0.25, 0.3) is 0 Å². The first kappa shape index (κ1) is 13.9. The quantitative estimate of drug-likeness (QED) is 0.767. The molecule has 0 saturated carbocycles. The van der Waals surface area contributed by atoms with Crippen LogP contribution in [0.1, 0.15) is 28.7 Å². The molecule has 0 aliphatic carbocycles. The Bertz CT molecular complexity index is 475. The van der Waals surface area contributed by atoms with Gasteiger partial charge in [0.15, 0.2) is 0 Å². The Kier molecular flexibility index (Phi) is 4.43. The standard InChI is InChI=1S/C11H17N5O2S/c1-2-3-7-9(19-15-14-7)11(18)16-5-4-13-6-8(16)10(12)17/h8,13H,2-6H2,1H3,(H2,12,17). The molecule has 2 rings (SSSR count). The van der Waals surface area contributed by atoms with Crippen molar-refractivity contribution in [1.82, 2.24) is 19.8 Å². The lowest BCUT2D eigenvalue weighted by Gasteiger charge is -2.33. The summed E-state index contributed by atoms with van der Waals surface area (Å²) in [7, 11) is 0. The predicted octanol–water partition coefficient (Wildman–Crippen LogP) is -0.610. The number of primary amides is 1. The van der Waals surface area contributed by atoms with Crippen molar-refractivity contribution in [3.8, 4) is 0 Å². The number of aryl methyl sites for hydroxylation is 1. The zero-order chi connectivity index (χ0) is 13.8. The second-order valence-electron chi connectivity index (χ2n) is 4.42. The van der Waals surface area contributed by atoms with Crippen LogP contribution in [0.2, 0.25) is 0 Å². The molecule has 1 aromatic heterocycles. The van der Waals surface area contributed by atoms with Gasteiger partial charge in [0.1, 0.15) is 10.9 Å². The van der Waals surface area contributed by atoms with Gasteiger partial charge < -0.3 is 16.0 Å². The van der Waals surface area contributed by atoms with E-state index in [1.807, 2.05) is 6.92 Å². The largest absolute Gasteiger partial charge is 0.368 e. The first-order valence-corrected chi connectivity index (χ1v) is 7.04. The SMILES string of the molecule is CCCc1nnsc1C(=O)N1CCNCC1C(N)=O. The van der Waals surface area contributed by atoms with E-state index >= 15 is 0 Å². The molecule has 8 heteroatoms. The highest BCUT2D eigenvalue weighted by atomic mass is 32.1. The summed E-state index contributed by atoms with van der Waals surface area (Å²) in [6.07, 6.45) is 1.61. The van der Waals surface area contributed by atoms with E-state index < -0.39 is 11.9 Å². The first-order valence-electron chi connectivity index (χ1n) is 6.27. The smallest absolute Gasteiger partial charge is 0.268 e. The number of carbonyl (C=O) groups is 2. The van der Waals surface area contributed by atoms with Crippen molar-refractivity contribution < 1.29 is 9.59 Å². The van der Waals surface area contributed by atoms with E-state index in [-0.39, 0.29) is 5.91 Å². The topological polar surface area (TPSA) is 101 Å². The van der Waals surface area contributed by atoms with E-state index in [2.05, 4.69) is 14.9 Å². The van der Waals surface area contributed by atoms with E-state index in [4.69, 9.17) is 5.73 Å². The Hall–Kier alpha value is -1.54. The zero-order valence-corrected chi connectivity index (χ0v) is 11.6. The second-order valence-corrected chi connectivity index (χ2v) is 5.17. The molecule has 1 atom stereocenters. The molecular formula is C11H17N5O2S. The fourth-order valence-electron chi connectivity index (χ4n) is 2.10. The summed E-state index contributed by atoms with van der Waals surface area (Å²) in [5.41, 5.74) is 6.05. The van der Waals surface area contributed by atoms with E-state index in [0.29, 0.717) is 36.6 Å². The number of hydrogen-bond acceptors (Lipinski definition) is 6. The molecule has 1 fully saturated rings. The highest BCUT2D eigenvalue weighted by Gasteiger charge is 2.33. The van der Waals surface area contributed by atoms with E-state index in [0.717, 1.165) is 18.0 Å². The van der Waals surface area contributed by atoms with Gasteiger partial charge in [-0.05, 0) is 18.0 Å². The van der Waals surface area contributed by atoms with Crippen molar-refractivity contribution in [2.45, 2.75) is 25.8 Å². The molecule has 1 aromatic rings. The maximum Gasteiger partial charge on any atom is 0.268 e. The molecule has 1 saturated heterocycles. The summed E-state index contributed by atoms with van der Waals surface area (Å²) in [4.78, 5) is 25.9. The molecule has 104 valence electrons. The molecule has 7 nitrogen and oxygen atoms in total. The maximum atomic E-state index is 12.5. The van der Waals surface area contributed by atoms with Crippen LogP contribution in [0.4, 0.5) is 0 Å². The molecule has 3 N–H and O–H groups in total. The number of rotatable bonds is 4. The highest BCUT2D eigenvalue weighted by Crippen LogP contribution is 2.17. The van der Waals surface area contributed by atoms with Gasteiger partial charge >= 0.3 is 0 Å². The molecule has 2 amide bonds. The number of nitrogens with two attached hydrogens (primary N) is 1. The number of carbonyl (C=O) groups excluding carboxylic acids is 2. The third-order valence-electron chi connectivity index (χ3n) is 3.07. The molecule has 1 aliphatic heterocycles. The maximum absolute atomic E-state index is 12.5. The minimum Gasteiger partial charge on any atom is -0.368 e. The van der Waals surface area contributed by atoms with Crippen LogP contribution >= 0.6 is 11.5 Å². The Morgan fingerprint density at radius 3 is 3.05 bits per heavy atom. The van der Waals surface area contributed by atoms with Crippen LogP contribution in [0.3, 0.4) is 0 Å². The van der Waals surface area contributed by atoms with Crippen molar-refractivity contribution >= 4 is 23.3 Å². The van der Waals surface area contributed by atoms with Gasteiger partial charge in [0.05, 0.1) is 5.69 Å². The number of amides is 2.